The van der Waals surface area contributed by atoms with Gasteiger partial charge in [-0.05, 0) is 55.7 Å². The van der Waals surface area contributed by atoms with E-state index in [1.807, 2.05) is 24.4 Å². The van der Waals surface area contributed by atoms with Gasteiger partial charge < -0.3 is 9.67 Å². The minimum Gasteiger partial charge on any atom is -0.481 e. The lowest BCUT2D eigenvalue weighted by molar-refractivity contribution is -0.137. The van der Waals surface area contributed by atoms with Gasteiger partial charge in [-0.3, -0.25) is 9.78 Å². The van der Waals surface area contributed by atoms with Gasteiger partial charge in [0.05, 0.1) is 5.69 Å². The largest absolute Gasteiger partial charge is 0.481 e. The maximum atomic E-state index is 10.6. The van der Waals surface area contributed by atoms with Crippen LogP contribution in [0.25, 0.3) is 22.2 Å². The van der Waals surface area contributed by atoms with Crippen LogP contribution in [0.3, 0.4) is 0 Å². The molecule has 0 bridgehead atoms. The fourth-order valence-corrected chi connectivity index (χ4v) is 3.85. The second-order valence-corrected chi connectivity index (χ2v) is 7.38. The summed E-state index contributed by atoms with van der Waals surface area (Å²) in [5.41, 5.74) is 4.73. The highest BCUT2D eigenvalue weighted by molar-refractivity contribution is 6.31. The monoisotopic (exact) mass is 384 g/mol. The maximum absolute atomic E-state index is 10.6. The Kier molecular flexibility index (Phi) is 6.51. The van der Waals surface area contributed by atoms with Crippen molar-refractivity contribution in [3.8, 4) is 11.3 Å². The molecule has 142 valence electrons. The number of unbranched alkanes of at least 4 members (excludes halogenated alkanes) is 4. The summed E-state index contributed by atoms with van der Waals surface area (Å²) >= 11 is 6.23. The highest BCUT2D eigenvalue weighted by atomic mass is 35.5. The number of carbonyl (C=O) groups is 1. The van der Waals surface area contributed by atoms with Crippen molar-refractivity contribution in [2.45, 2.75) is 52.0 Å². The average molecular weight is 385 g/mol. The Labute approximate surface area is 164 Å². The Balaban J connectivity index is 1.78. The summed E-state index contributed by atoms with van der Waals surface area (Å²) < 4.78 is 2.37. The molecule has 1 aromatic carbocycles. The maximum Gasteiger partial charge on any atom is 0.303 e. The van der Waals surface area contributed by atoms with Crippen molar-refractivity contribution < 1.29 is 9.90 Å². The van der Waals surface area contributed by atoms with Crippen molar-refractivity contribution in [2.75, 3.05) is 0 Å². The number of pyridine rings is 1. The fraction of sp³-hybridized carbons (Fsp3) is 0.364. The number of fused-ring (bicyclic) bond motifs is 1. The normalized spacial score (nSPS) is 11.2. The molecule has 0 unspecified atom stereocenters. The number of nitrogens with zero attached hydrogens (tertiary/aromatic N) is 2. The first-order chi connectivity index (χ1) is 13.1. The molecule has 0 fully saturated rings. The lowest BCUT2D eigenvalue weighted by Crippen LogP contribution is -2.01. The van der Waals surface area contributed by atoms with E-state index >= 15 is 0 Å². The number of halogens is 1. The lowest BCUT2D eigenvalue weighted by Gasteiger charge is -2.12. The zero-order valence-corrected chi connectivity index (χ0v) is 16.4. The van der Waals surface area contributed by atoms with E-state index < -0.39 is 5.97 Å². The molecule has 4 nitrogen and oxygen atoms in total. The van der Waals surface area contributed by atoms with Crippen molar-refractivity contribution in [3.05, 3.63) is 53.3 Å². The molecule has 0 spiro atoms. The molecule has 3 rings (SSSR count). The summed E-state index contributed by atoms with van der Waals surface area (Å²) in [6.07, 6.45) is 8.94. The number of carboxylic acid groups (broad SMARTS) is 1. The van der Waals surface area contributed by atoms with E-state index in [9.17, 15) is 4.79 Å². The molecule has 5 heteroatoms. The van der Waals surface area contributed by atoms with Crippen molar-refractivity contribution in [1.29, 1.82) is 0 Å². The fourth-order valence-electron chi connectivity index (χ4n) is 3.68. The Morgan fingerprint density at radius 1 is 1.15 bits per heavy atom. The van der Waals surface area contributed by atoms with E-state index in [-0.39, 0.29) is 6.42 Å². The molecular formula is C22H25ClN2O2. The number of aromatic nitrogens is 2. The third-order valence-electron chi connectivity index (χ3n) is 4.99. The van der Waals surface area contributed by atoms with Gasteiger partial charge >= 0.3 is 5.97 Å². The van der Waals surface area contributed by atoms with Gasteiger partial charge in [0.25, 0.3) is 0 Å². The summed E-state index contributed by atoms with van der Waals surface area (Å²) in [7, 11) is 0. The summed E-state index contributed by atoms with van der Waals surface area (Å²) in [6, 6.07) is 10.1. The van der Waals surface area contributed by atoms with E-state index in [0.717, 1.165) is 49.2 Å². The second-order valence-electron chi connectivity index (χ2n) is 6.94. The van der Waals surface area contributed by atoms with E-state index in [2.05, 4.69) is 28.6 Å². The molecule has 2 aromatic heterocycles. The predicted molar refractivity (Wildman–Crippen MR) is 110 cm³/mol. The van der Waals surface area contributed by atoms with Crippen LogP contribution >= 0.6 is 11.6 Å². The van der Waals surface area contributed by atoms with Gasteiger partial charge in [0.15, 0.2) is 0 Å². The molecule has 0 aliphatic heterocycles. The van der Waals surface area contributed by atoms with Gasteiger partial charge in [-0.2, -0.15) is 0 Å². The molecule has 0 saturated heterocycles. The summed E-state index contributed by atoms with van der Waals surface area (Å²) in [4.78, 5) is 14.9. The van der Waals surface area contributed by atoms with Crippen LogP contribution in [0, 0.1) is 6.92 Å². The Morgan fingerprint density at radius 2 is 1.93 bits per heavy atom. The second kappa shape index (κ2) is 9.05. The highest BCUT2D eigenvalue weighted by Crippen LogP contribution is 2.34. The van der Waals surface area contributed by atoms with Crippen LogP contribution in [0.15, 0.2) is 42.7 Å². The van der Waals surface area contributed by atoms with Crippen LogP contribution in [0.2, 0.25) is 5.02 Å². The minimum absolute atomic E-state index is 0.271. The summed E-state index contributed by atoms with van der Waals surface area (Å²) in [5.74, 6) is -0.705. The molecule has 0 saturated carbocycles. The van der Waals surface area contributed by atoms with Crippen LogP contribution in [0.5, 0.6) is 0 Å². The Bertz CT molecular complexity index is 919. The Hall–Kier alpha value is -2.33. The number of hydrogen-bond acceptors (Lipinski definition) is 2. The molecule has 0 aliphatic rings. The number of benzene rings is 1. The first kappa shape index (κ1) is 19.4. The molecule has 0 radical (unpaired) electrons. The van der Waals surface area contributed by atoms with Gasteiger partial charge in [-0.1, -0.05) is 30.9 Å². The zero-order valence-electron chi connectivity index (χ0n) is 15.6. The molecule has 0 atom stereocenters. The van der Waals surface area contributed by atoms with Crippen molar-refractivity contribution in [3.63, 3.8) is 0 Å². The van der Waals surface area contributed by atoms with Crippen molar-refractivity contribution in [1.82, 2.24) is 9.55 Å². The minimum atomic E-state index is -0.705. The van der Waals surface area contributed by atoms with Gasteiger partial charge in [0.1, 0.15) is 0 Å². The lowest BCUT2D eigenvalue weighted by atomic mass is 10.1. The van der Waals surface area contributed by atoms with Crippen molar-refractivity contribution in [2.24, 2.45) is 0 Å². The van der Waals surface area contributed by atoms with Crippen LogP contribution in [0.4, 0.5) is 0 Å². The highest BCUT2D eigenvalue weighted by Gasteiger charge is 2.16. The molecule has 27 heavy (non-hydrogen) atoms. The van der Waals surface area contributed by atoms with Gasteiger partial charge in [-0.15, -0.1) is 0 Å². The predicted octanol–water partition coefficient (Wildman–Crippen LogP) is 6.09. The summed E-state index contributed by atoms with van der Waals surface area (Å²) in [6.45, 7) is 3.07. The van der Waals surface area contributed by atoms with E-state index in [0.29, 0.717) is 0 Å². The SMILES string of the molecule is Cc1c(-c2cccnc2)n(CCCCCCCC(=O)O)c2ccc(Cl)cc12. The molecule has 0 amide bonds. The average Bonchev–Trinajstić information content (AvgIpc) is 2.93. The van der Waals surface area contributed by atoms with E-state index in [1.54, 1.807) is 6.20 Å². The first-order valence-corrected chi connectivity index (χ1v) is 9.86. The van der Waals surface area contributed by atoms with Crippen LogP contribution in [-0.2, 0) is 11.3 Å². The third kappa shape index (κ3) is 4.69. The topological polar surface area (TPSA) is 55.1 Å². The number of aryl methyl sites for hydroxylation is 2. The molecule has 2 heterocycles. The quantitative estimate of drug-likeness (QED) is 0.454. The van der Waals surface area contributed by atoms with Crippen LogP contribution in [-0.4, -0.2) is 20.6 Å². The van der Waals surface area contributed by atoms with Gasteiger partial charge in [-0.25, -0.2) is 0 Å². The zero-order chi connectivity index (χ0) is 19.2. The Morgan fingerprint density at radius 3 is 2.67 bits per heavy atom. The number of hydrogen-bond donors (Lipinski definition) is 1. The molecule has 1 N–H and O–H groups in total. The molecule has 3 aromatic rings. The van der Waals surface area contributed by atoms with E-state index in [4.69, 9.17) is 16.7 Å². The van der Waals surface area contributed by atoms with E-state index in [1.165, 1.54) is 22.2 Å². The molecule has 0 aliphatic carbocycles. The van der Waals surface area contributed by atoms with Gasteiger partial charge in [0, 0.05) is 46.8 Å². The smallest absolute Gasteiger partial charge is 0.303 e. The third-order valence-corrected chi connectivity index (χ3v) is 5.22. The van der Waals surface area contributed by atoms with Crippen LogP contribution in [0.1, 0.15) is 44.1 Å². The molecular weight excluding hydrogens is 360 g/mol. The number of carboxylic acids is 1. The first-order valence-electron chi connectivity index (χ1n) is 9.48. The van der Waals surface area contributed by atoms with Crippen molar-refractivity contribution >= 4 is 28.5 Å². The van der Waals surface area contributed by atoms with Crippen LogP contribution < -0.4 is 0 Å². The standard InChI is InChI=1S/C22H25ClN2O2/c1-16-19-14-18(23)10-11-20(19)25(22(16)17-8-7-12-24-15-17)13-6-4-2-3-5-9-21(26)27/h7-8,10-12,14-15H,2-6,9,13H2,1H3,(H,26,27). The summed E-state index contributed by atoms with van der Waals surface area (Å²) in [5, 5.41) is 10.6. The number of rotatable bonds is 9. The number of aliphatic carboxylic acids is 1. The van der Waals surface area contributed by atoms with Gasteiger partial charge in [0.2, 0.25) is 0 Å².